The molecule has 1 aromatic carbocycles. The van der Waals surface area contributed by atoms with Gasteiger partial charge in [-0.3, -0.25) is 14.5 Å². The standard InChI is InChI=1S/C37H59NO2/c1-19(2)29-30(20(3)4)32(22(7)8)34-33(31(29)21(5)6)35(38-27(39)17-18-28(38)40)37(25(13)14,26(15)16)36(34,23(9)10)24(11)12/h17-26,35H,1-16H3/t35-/m1/s1. The van der Waals surface area contributed by atoms with Crippen molar-refractivity contribution in [2.45, 2.75) is 146 Å². The molecule has 2 amide bonds. The molecule has 0 radical (unpaired) electrons. The van der Waals surface area contributed by atoms with Gasteiger partial charge in [-0.2, -0.15) is 0 Å². The van der Waals surface area contributed by atoms with Crippen LogP contribution in [0.1, 0.15) is 174 Å². The molecular weight excluding hydrogens is 490 g/mol. The second-order valence-corrected chi connectivity index (χ2v) is 15.3. The molecule has 0 saturated heterocycles. The number of carbonyl (C=O) groups excluding carboxylic acids is 2. The number of hydrogen-bond donors (Lipinski definition) is 0. The molecule has 3 nitrogen and oxygen atoms in total. The molecule has 0 bridgehead atoms. The first kappa shape index (κ1) is 32.6. The Bertz CT molecular complexity index is 1140. The summed E-state index contributed by atoms with van der Waals surface area (Å²) in [5.74, 6) is 2.07. The molecule has 1 aliphatic heterocycles. The number of hydrogen-bond acceptors (Lipinski definition) is 2. The zero-order valence-electron chi connectivity index (χ0n) is 28.6. The quantitative estimate of drug-likeness (QED) is 0.287. The normalized spacial score (nSPS) is 20.4. The third-order valence-electron chi connectivity index (χ3n) is 10.7. The summed E-state index contributed by atoms with van der Waals surface area (Å²) in [4.78, 5) is 29.2. The van der Waals surface area contributed by atoms with E-state index >= 15 is 0 Å². The predicted molar refractivity (Wildman–Crippen MR) is 170 cm³/mol. The van der Waals surface area contributed by atoms with Gasteiger partial charge < -0.3 is 0 Å². The van der Waals surface area contributed by atoms with Gasteiger partial charge in [0.25, 0.3) is 11.8 Å². The molecule has 0 N–H and O–H groups in total. The molecule has 0 saturated carbocycles. The summed E-state index contributed by atoms with van der Waals surface area (Å²) >= 11 is 0. The van der Waals surface area contributed by atoms with E-state index in [0.29, 0.717) is 29.6 Å². The van der Waals surface area contributed by atoms with E-state index in [1.807, 2.05) is 0 Å². The molecule has 0 fully saturated rings. The number of rotatable bonds is 9. The lowest BCUT2D eigenvalue weighted by Crippen LogP contribution is -2.60. The molecule has 0 unspecified atom stereocenters. The lowest BCUT2D eigenvalue weighted by molar-refractivity contribution is -0.153. The molecule has 1 aliphatic carbocycles. The first-order valence-corrected chi connectivity index (χ1v) is 16.1. The smallest absolute Gasteiger partial charge is 0.254 e. The van der Waals surface area contributed by atoms with Gasteiger partial charge in [0.05, 0.1) is 6.04 Å². The second kappa shape index (κ2) is 11.1. The first-order chi connectivity index (χ1) is 18.4. The van der Waals surface area contributed by atoms with Crippen molar-refractivity contribution in [1.29, 1.82) is 0 Å². The summed E-state index contributed by atoms with van der Waals surface area (Å²) in [7, 11) is 0. The average Bonchev–Trinajstić information content (AvgIpc) is 3.28. The van der Waals surface area contributed by atoms with E-state index in [4.69, 9.17) is 0 Å². The van der Waals surface area contributed by atoms with Crippen LogP contribution in [-0.2, 0) is 15.0 Å². The molecule has 40 heavy (non-hydrogen) atoms. The van der Waals surface area contributed by atoms with Crippen LogP contribution in [0.15, 0.2) is 12.2 Å². The van der Waals surface area contributed by atoms with Crippen LogP contribution in [0, 0.1) is 29.1 Å². The van der Waals surface area contributed by atoms with Crippen molar-refractivity contribution in [3.05, 3.63) is 45.5 Å². The summed E-state index contributed by atoms with van der Waals surface area (Å²) in [5.41, 5.74) is 8.05. The Balaban J connectivity index is 2.91. The van der Waals surface area contributed by atoms with E-state index in [0.717, 1.165) is 0 Å². The van der Waals surface area contributed by atoms with E-state index in [1.165, 1.54) is 45.5 Å². The van der Waals surface area contributed by atoms with Crippen LogP contribution in [0.3, 0.4) is 0 Å². The minimum atomic E-state index is -0.341. The van der Waals surface area contributed by atoms with E-state index in [9.17, 15) is 9.59 Å². The Labute approximate surface area is 246 Å². The minimum absolute atomic E-state index is 0.158. The van der Waals surface area contributed by atoms with Crippen LogP contribution in [0.25, 0.3) is 0 Å². The summed E-state index contributed by atoms with van der Waals surface area (Å²) < 4.78 is 0. The summed E-state index contributed by atoms with van der Waals surface area (Å²) in [5, 5.41) is 0. The number of imide groups is 1. The van der Waals surface area contributed by atoms with Crippen molar-refractivity contribution in [1.82, 2.24) is 4.90 Å². The molecule has 1 aromatic rings. The first-order valence-electron chi connectivity index (χ1n) is 16.1. The van der Waals surface area contributed by atoms with Crippen molar-refractivity contribution in [2.24, 2.45) is 29.1 Å². The van der Waals surface area contributed by atoms with Crippen LogP contribution in [0.5, 0.6) is 0 Å². The van der Waals surface area contributed by atoms with E-state index < -0.39 is 0 Å². The number of benzene rings is 1. The van der Waals surface area contributed by atoms with Crippen LogP contribution >= 0.6 is 0 Å². The molecule has 2 aliphatic rings. The molecule has 224 valence electrons. The maximum Gasteiger partial charge on any atom is 0.254 e. The highest BCUT2D eigenvalue weighted by atomic mass is 16.2. The number of carbonyl (C=O) groups is 2. The zero-order chi connectivity index (χ0) is 30.8. The van der Waals surface area contributed by atoms with Crippen molar-refractivity contribution >= 4 is 11.8 Å². The van der Waals surface area contributed by atoms with Gasteiger partial charge in [-0.25, -0.2) is 0 Å². The Morgan fingerprint density at radius 1 is 0.525 bits per heavy atom. The van der Waals surface area contributed by atoms with Crippen LogP contribution in [0.2, 0.25) is 0 Å². The van der Waals surface area contributed by atoms with Gasteiger partial charge in [-0.05, 0) is 80.7 Å². The fraction of sp³-hybridized carbons (Fsp3) is 0.730. The van der Waals surface area contributed by atoms with Crippen LogP contribution < -0.4 is 0 Å². The number of nitrogens with zero attached hydrogens (tertiary/aromatic N) is 1. The second-order valence-electron chi connectivity index (χ2n) is 15.3. The van der Waals surface area contributed by atoms with Crippen molar-refractivity contribution in [3.8, 4) is 0 Å². The van der Waals surface area contributed by atoms with Crippen molar-refractivity contribution < 1.29 is 9.59 Å². The third kappa shape index (κ3) is 4.10. The minimum Gasteiger partial charge on any atom is -0.269 e. The molecule has 0 spiro atoms. The lowest BCUT2D eigenvalue weighted by Gasteiger charge is -2.60. The fourth-order valence-corrected chi connectivity index (χ4v) is 10.2. The van der Waals surface area contributed by atoms with E-state index in [-0.39, 0.29) is 46.4 Å². The SMILES string of the molecule is CC(C)c1c(C(C)C)c(C(C)C)c2c(c1C(C)C)[C@@H](N1C(=O)C=CC1=O)C(C(C)C)(C(C)C)C2(C(C)C)C(C)C. The van der Waals surface area contributed by atoms with Gasteiger partial charge in [-0.15, -0.1) is 0 Å². The predicted octanol–water partition coefficient (Wildman–Crippen LogP) is 10.0. The van der Waals surface area contributed by atoms with Crippen molar-refractivity contribution in [2.75, 3.05) is 0 Å². The van der Waals surface area contributed by atoms with Gasteiger partial charge in [0, 0.05) is 23.0 Å². The van der Waals surface area contributed by atoms with Gasteiger partial charge in [-0.1, -0.05) is 111 Å². The zero-order valence-corrected chi connectivity index (χ0v) is 28.6. The lowest BCUT2D eigenvalue weighted by atomic mass is 9.44. The van der Waals surface area contributed by atoms with Gasteiger partial charge >= 0.3 is 0 Å². The van der Waals surface area contributed by atoms with E-state index in [2.05, 4.69) is 111 Å². The molecule has 3 rings (SSSR count). The number of amides is 2. The Morgan fingerprint density at radius 2 is 0.875 bits per heavy atom. The summed E-state index contributed by atoms with van der Waals surface area (Å²) in [6, 6.07) is -0.309. The maximum absolute atomic E-state index is 13.8. The van der Waals surface area contributed by atoms with E-state index in [1.54, 1.807) is 4.90 Å². The van der Waals surface area contributed by atoms with Gasteiger partial charge in [0.1, 0.15) is 0 Å². The van der Waals surface area contributed by atoms with Gasteiger partial charge in [0.2, 0.25) is 0 Å². The average molecular weight is 550 g/mol. The molecular formula is C37H59NO2. The molecule has 3 heteroatoms. The number of fused-ring (bicyclic) bond motifs is 1. The highest BCUT2D eigenvalue weighted by Gasteiger charge is 2.71. The molecule has 0 aromatic heterocycles. The largest absolute Gasteiger partial charge is 0.269 e. The Hall–Kier alpha value is -1.90. The summed E-state index contributed by atoms with van der Waals surface area (Å²) in [6.45, 7) is 37.8. The fourth-order valence-electron chi connectivity index (χ4n) is 10.2. The highest BCUT2D eigenvalue weighted by Crippen LogP contribution is 2.74. The Kier molecular flexibility index (Phi) is 9.02. The summed E-state index contributed by atoms with van der Waals surface area (Å²) in [6.07, 6.45) is 3.00. The van der Waals surface area contributed by atoms with Crippen LogP contribution in [0.4, 0.5) is 0 Å². The van der Waals surface area contributed by atoms with Crippen LogP contribution in [-0.4, -0.2) is 16.7 Å². The molecule has 1 heterocycles. The Morgan fingerprint density at radius 3 is 1.18 bits per heavy atom. The third-order valence-corrected chi connectivity index (χ3v) is 10.7. The maximum atomic E-state index is 13.8. The van der Waals surface area contributed by atoms with Gasteiger partial charge in [0.15, 0.2) is 0 Å². The highest BCUT2D eigenvalue weighted by molar-refractivity contribution is 6.13. The van der Waals surface area contributed by atoms with Crippen molar-refractivity contribution in [3.63, 3.8) is 0 Å². The topological polar surface area (TPSA) is 37.4 Å². The monoisotopic (exact) mass is 549 g/mol. The molecule has 1 atom stereocenters.